The Hall–Kier alpha value is -2.04. The number of benzene rings is 1. The molecule has 0 radical (unpaired) electrons. The number of rotatable bonds is 2. The van der Waals surface area contributed by atoms with Gasteiger partial charge in [0.1, 0.15) is 5.75 Å². The average molecular weight is 288 g/mol. The first kappa shape index (κ1) is 13.9. The molecule has 1 unspecified atom stereocenters. The molecule has 5 nitrogen and oxygen atoms in total. The van der Waals surface area contributed by atoms with E-state index in [-0.39, 0.29) is 17.9 Å². The fourth-order valence-electron chi connectivity index (χ4n) is 3.07. The Balaban J connectivity index is 1.71. The van der Waals surface area contributed by atoms with Crippen LogP contribution in [-0.2, 0) is 11.2 Å². The van der Waals surface area contributed by atoms with Gasteiger partial charge in [0, 0.05) is 38.0 Å². The molecular formula is C16H20N2O3. The van der Waals surface area contributed by atoms with Crippen LogP contribution in [0.3, 0.4) is 0 Å². The van der Waals surface area contributed by atoms with Crippen LogP contribution in [0.5, 0.6) is 5.75 Å². The number of piperidine rings is 1. The van der Waals surface area contributed by atoms with Gasteiger partial charge in [0.2, 0.25) is 5.91 Å². The highest BCUT2D eigenvalue weighted by atomic mass is 16.5. The summed E-state index contributed by atoms with van der Waals surface area (Å²) in [6.07, 6.45) is 2.72. The fraction of sp³-hybridized carbons (Fsp3) is 0.500. The normalized spacial score (nSPS) is 20.6. The molecule has 0 bridgehead atoms. The van der Waals surface area contributed by atoms with Crippen molar-refractivity contribution < 1.29 is 14.3 Å². The lowest BCUT2D eigenvalue weighted by molar-refractivity contribution is -0.120. The van der Waals surface area contributed by atoms with Crippen molar-refractivity contribution in [3.8, 4) is 5.75 Å². The van der Waals surface area contributed by atoms with Gasteiger partial charge in [-0.1, -0.05) is 0 Å². The van der Waals surface area contributed by atoms with E-state index in [2.05, 4.69) is 5.32 Å². The summed E-state index contributed by atoms with van der Waals surface area (Å²) in [7, 11) is 0. The van der Waals surface area contributed by atoms with Crippen molar-refractivity contribution in [3.63, 3.8) is 0 Å². The smallest absolute Gasteiger partial charge is 0.253 e. The Morgan fingerprint density at radius 1 is 1.38 bits per heavy atom. The molecule has 1 atom stereocenters. The van der Waals surface area contributed by atoms with Crippen LogP contribution in [0.1, 0.15) is 35.7 Å². The zero-order valence-electron chi connectivity index (χ0n) is 12.2. The summed E-state index contributed by atoms with van der Waals surface area (Å²) in [5.74, 6) is 0.894. The van der Waals surface area contributed by atoms with Gasteiger partial charge in [-0.3, -0.25) is 9.59 Å². The Labute approximate surface area is 124 Å². The highest BCUT2D eigenvalue weighted by molar-refractivity contribution is 5.94. The Morgan fingerprint density at radius 3 is 3.05 bits per heavy atom. The van der Waals surface area contributed by atoms with Crippen LogP contribution in [0, 0.1) is 0 Å². The number of hydrogen-bond donors (Lipinski definition) is 1. The van der Waals surface area contributed by atoms with E-state index in [4.69, 9.17) is 4.74 Å². The molecule has 0 aliphatic carbocycles. The predicted octanol–water partition coefficient (Wildman–Crippen LogP) is 1.36. The number of ether oxygens (including phenoxy) is 1. The minimum absolute atomic E-state index is 0.0380. The van der Waals surface area contributed by atoms with E-state index in [1.165, 1.54) is 6.92 Å². The second kappa shape index (κ2) is 5.76. The number of amides is 2. The average Bonchev–Trinajstić information content (AvgIpc) is 2.93. The molecule has 2 aliphatic rings. The molecule has 1 fully saturated rings. The molecule has 0 aromatic heterocycles. The number of hydrogen-bond acceptors (Lipinski definition) is 3. The van der Waals surface area contributed by atoms with Gasteiger partial charge in [0.15, 0.2) is 0 Å². The van der Waals surface area contributed by atoms with Gasteiger partial charge >= 0.3 is 0 Å². The summed E-state index contributed by atoms with van der Waals surface area (Å²) in [5, 5.41) is 2.91. The van der Waals surface area contributed by atoms with Gasteiger partial charge in [0.05, 0.1) is 6.61 Å². The van der Waals surface area contributed by atoms with Crippen molar-refractivity contribution >= 4 is 11.8 Å². The second-order valence-corrected chi connectivity index (χ2v) is 5.71. The highest BCUT2D eigenvalue weighted by Gasteiger charge is 2.25. The van der Waals surface area contributed by atoms with E-state index in [1.54, 1.807) is 0 Å². The molecule has 3 rings (SSSR count). The maximum Gasteiger partial charge on any atom is 0.253 e. The molecule has 1 saturated heterocycles. The monoisotopic (exact) mass is 288 g/mol. The zero-order chi connectivity index (χ0) is 14.8. The Morgan fingerprint density at radius 2 is 2.24 bits per heavy atom. The van der Waals surface area contributed by atoms with Crippen LogP contribution >= 0.6 is 0 Å². The second-order valence-electron chi connectivity index (χ2n) is 5.71. The molecule has 5 heteroatoms. The SMILES string of the molecule is CC(=O)NC1CCCN(C(=O)c2ccc3c(c2)CCO3)C1. The lowest BCUT2D eigenvalue weighted by Crippen LogP contribution is -2.49. The molecular weight excluding hydrogens is 268 g/mol. The predicted molar refractivity (Wildman–Crippen MR) is 78.4 cm³/mol. The summed E-state index contributed by atoms with van der Waals surface area (Å²) in [5.41, 5.74) is 1.82. The van der Waals surface area contributed by atoms with Gasteiger partial charge in [-0.2, -0.15) is 0 Å². The largest absolute Gasteiger partial charge is 0.493 e. The van der Waals surface area contributed by atoms with E-state index in [0.717, 1.165) is 37.1 Å². The lowest BCUT2D eigenvalue weighted by Gasteiger charge is -2.33. The van der Waals surface area contributed by atoms with Gasteiger partial charge in [-0.25, -0.2) is 0 Å². The Kier molecular flexibility index (Phi) is 3.82. The number of nitrogens with one attached hydrogen (secondary N) is 1. The Bertz CT molecular complexity index is 571. The van der Waals surface area contributed by atoms with Crippen LogP contribution in [0.4, 0.5) is 0 Å². The van der Waals surface area contributed by atoms with Crippen LogP contribution in [0.15, 0.2) is 18.2 Å². The number of nitrogens with zero attached hydrogens (tertiary/aromatic N) is 1. The molecule has 2 amide bonds. The minimum atomic E-state index is -0.0380. The zero-order valence-corrected chi connectivity index (χ0v) is 12.2. The summed E-state index contributed by atoms with van der Waals surface area (Å²) in [4.78, 5) is 25.6. The number of likely N-dealkylation sites (tertiary alicyclic amines) is 1. The topological polar surface area (TPSA) is 58.6 Å². The van der Waals surface area contributed by atoms with E-state index in [1.807, 2.05) is 23.1 Å². The van der Waals surface area contributed by atoms with Crippen LogP contribution in [0.2, 0.25) is 0 Å². The highest BCUT2D eigenvalue weighted by Crippen LogP contribution is 2.26. The van der Waals surface area contributed by atoms with E-state index in [0.29, 0.717) is 18.7 Å². The lowest BCUT2D eigenvalue weighted by atomic mass is 10.0. The van der Waals surface area contributed by atoms with Crippen molar-refractivity contribution in [2.24, 2.45) is 0 Å². The molecule has 2 aliphatic heterocycles. The molecule has 0 saturated carbocycles. The van der Waals surface area contributed by atoms with Crippen molar-refractivity contribution in [1.82, 2.24) is 10.2 Å². The molecule has 2 heterocycles. The third-order valence-corrected chi connectivity index (χ3v) is 4.05. The summed E-state index contributed by atoms with van der Waals surface area (Å²) < 4.78 is 5.47. The molecule has 112 valence electrons. The van der Waals surface area contributed by atoms with Crippen LogP contribution < -0.4 is 10.1 Å². The maximum absolute atomic E-state index is 12.6. The first-order valence-electron chi connectivity index (χ1n) is 7.45. The summed E-state index contributed by atoms with van der Waals surface area (Å²) in [6.45, 7) is 3.55. The quantitative estimate of drug-likeness (QED) is 0.894. The maximum atomic E-state index is 12.6. The summed E-state index contributed by atoms with van der Waals surface area (Å²) in [6, 6.07) is 5.71. The summed E-state index contributed by atoms with van der Waals surface area (Å²) >= 11 is 0. The van der Waals surface area contributed by atoms with Gasteiger partial charge in [-0.05, 0) is 36.6 Å². The van der Waals surface area contributed by atoms with E-state index < -0.39 is 0 Å². The van der Waals surface area contributed by atoms with Crippen LogP contribution in [0.25, 0.3) is 0 Å². The standard InChI is InChI=1S/C16H20N2O3/c1-11(19)17-14-3-2-7-18(10-14)16(20)13-4-5-15-12(9-13)6-8-21-15/h4-5,9,14H,2-3,6-8,10H2,1H3,(H,17,19). The van der Waals surface area contributed by atoms with Gasteiger partial charge in [-0.15, -0.1) is 0 Å². The van der Waals surface area contributed by atoms with Crippen LogP contribution in [-0.4, -0.2) is 42.5 Å². The van der Waals surface area contributed by atoms with Gasteiger partial charge in [0.25, 0.3) is 5.91 Å². The van der Waals surface area contributed by atoms with Crippen molar-refractivity contribution in [1.29, 1.82) is 0 Å². The number of carbonyl (C=O) groups excluding carboxylic acids is 2. The number of fused-ring (bicyclic) bond motifs is 1. The minimum Gasteiger partial charge on any atom is -0.493 e. The first-order chi connectivity index (χ1) is 10.1. The number of carbonyl (C=O) groups is 2. The molecule has 0 spiro atoms. The van der Waals surface area contributed by atoms with E-state index in [9.17, 15) is 9.59 Å². The fourth-order valence-corrected chi connectivity index (χ4v) is 3.07. The first-order valence-corrected chi connectivity index (χ1v) is 7.45. The molecule has 21 heavy (non-hydrogen) atoms. The molecule has 1 N–H and O–H groups in total. The van der Waals surface area contributed by atoms with Crippen molar-refractivity contribution in [2.75, 3.05) is 19.7 Å². The van der Waals surface area contributed by atoms with Gasteiger partial charge < -0.3 is 15.0 Å². The van der Waals surface area contributed by atoms with E-state index >= 15 is 0 Å². The molecule has 1 aromatic carbocycles. The third kappa shape index (κ3) is 3.01. The van der Waals surface area contributed by atoms with Crippen molar-refractivity contribution in [2.45, 2.75) is 32.2 Å². The third-order valence-electron chi connectivity index (χ3n) is 4.05. The molecule has 1 aromatic rings. The van der Waals surface area contributed by atoms with Crippen molar-refractivity contribution in [3.05, 3.63) is 29.3 Å².